The van der Waals surface area contributed by atoms with Crippen LogP contribution in [-0.2, 0) is 39.5 Å². The Morgan fingerprint density at radius 1 is 0.869 bits per heavy atom. The van der Waals surface area contributed by atoms with E-state index < -0.39 is 55.7 Å². The van der Waals surface area contributed by atoms with Crippen LogP contribution in [0.4, 0.5) is 0 Å². The second-order valence-corrected chi connectivity index (χ2v) is 16.4. The van der Waals surface area contributed by atoms with E-state index >= 15 is 0 Å². The Morgan fingerprint density at radius 2 is 1.30 bits per heavy atom. The predicted molar refractivity (Wildman–Crippen MR) is 237 cm³/mol. The first-order chi connectivity index (χ1) is 28.5. The van der Waals surface area contributed by atoms with Crippen LogP contribution in [0.2, 0.25) is 0 Å². The van der Waals surface area contributed by atoms with Gasteiger partial charge in [-0.25, -0.2) is 14.3 Å². The molecule has 4 heterocycles. The molecular weight excluding hydrogens is 895 g/mol. The Bertz CT molecular complexity index is 1810. The summed E-state index contributed by atoms with van der Waals surface area (Å²) in [5.74, 6) is 0. The third-order valence-corrected chi connectivity index (χ3v) is 11.1. The van der Waals surface area contributed by atoms with Gasteiger partial charge in [0, 0.05) is 48.4 Å². The smallest absolute Gasteiger partial charge is 0.388 e. The molecule has 4 rings (SSSR count). The summed E-state index contributed by atoms with van der Waals surface area (Å²) in [6.45, 7) is 27.2. The summed E-state index contributed by atoms with van der Waals surface area (Å²) in [5, 5.41) is 26.7. The summed E-state index contributed by atoms with van der Waals surface area (Å²) in [6.07, 6.45) is 5.68. The van der Waals surface area contributed by atoms with E-state index in [0.717, 1.165) is 25.7 Å². The van der Waals surface area contributed by atoms with Gasteiger partial charge in [0.2, 0.25) is 0 Å². The van der Waals surface area contributed by atoms with E-state index in [0.29, 0.717) is 37.0 Å². The standard InChI is InChI=1S/C20H33N4O5P.C11H16N2O4.C3H5ClNOP.2C3H7.Ni/c1-7-16-11-17(19(28-16)23-12-15(6)18(25)22-20(23)26)29-30(27-10-8-9-21)24(13(2)3)14(4)5;1-3-7-4-8(14)10(17-7)13-5-6(2)9(15)12-11(13)16;4-7-6-3-1-2-5;2*1-3-2;/h12-14,16-17,19H,7-8,10-11H2,1-6H3,(H,22,25,26);5,7-8,10,14H,3-4H2,1-2H3,(H,12,15,16);7H,1,3H2;2*1,3H2,2H3;/q;;;2*-1;+2/t16-,17+,19-,30?;7-,8+,10-;;;;/m11..../s1. The third kappa shape index (κ3) is 21.8. The number of nitrogens with one attached hydrogen (secondary N) is 2. The topological polar surface area (TPSA) is 227 Å². The molecule has 2 aliphatic rings. The maximum Gasteiger partial charge on any atom is 2.00 e. The maximum absolute atomic E-state index is 12.5. The molecule has 3 N–H and O–H groups in total. The molecule has 0 radical (unpaired) electrons. The Labute approximate surface area is 379 Å². The largest absolute Gasteiger partial charge is 2.00 e. The number of H-pyrrole nitrogens is 2. The van der Waals surface area contributed by atoms with Crippen molar-refractivity contribution in [3.05, 3.63) is 79.0 Å². The van der Waals surface area contributed by atoms with Gasteiger partial charge in [0.25, 0.3) is 19.6 Å². The fourth-order valence-corrected chi connectivity index (χ4v) is 7.79. The van der Waals surface area contributed by atoms with Crippen molar-refractivity contribution in [1.29, 1.82) is 10.5 Å². The van der Waals surface area contributed by atoms with Gasteiger partial charge in [-0.05, 0) is 54.4 Å². The average molecular weight is 963 g/mol. The van der Waals surface area contributed by atoms with Gasteiger partial charge in [-0.2, -0.15) is 23.4 Å². The first kappa shape index (κ1) is 60.8. The number of aliphatic hydroxyl groups is 1. The number of rotatable bonds is 15. The Balaban J connectivity index is 0. The summed E-state index contributed by atoms with van der Waals surface area (Å²) in [7, 11) is -1.49. The molecule has 350 valence electrons. The van der Waals surface area contributed by atoms with Gasteiger partial charge in [-0.1, -0.05) is 38.9 Å². The molecule has 2 aromatic heterocycles. The van der Waals surface area contributed by atoms with Crippen LogP contribution in [0, 0.1) is 50.4 Å². The number of ether oxygens (including phenoxy) is 2. The first-order valence-electron chi connectivity index (χ1n) is 20.3. The first-order valence-corrected chi connectivity index (χ1v) is 23.3. The van der Waals surface area contributed by atoms with Crippen molar-refractivity contribution < 1.29 is 44.6 Å². The van der Waals surface area contributed by atoms with E-state index in [1.54, 1.807) is 13.8 Å². The average Bonchev–Trinajstić information content (AvgIpc) is 3.78. The molecule has 61 heavy (non-hydrogen) atoms. The second-order valence-electron chi connectivity index (χ2n) is 14.1. The number of aromatic nitrogens is 4. The molecule has 0 aromatic carbocycles. The molecule has 2 fully saturated rings. The van der Waals surface area contributed by atoms with Crippen LogP contribution in [0.5, 0.6) is 0 Å². The molecule has 21 heteroatoms. The third-order valence-electron chi connectivity index (χ3n) is 8.32. The summed E-state index contributed by atoms with van der Waals surface area (Å²) in [4.78, 5) is 51.7. The number of halogens is 1. The molecule has 2 unspecified atom stereocenters. The Morgan fingerprint density at radius 3 is 1.70 bits per heavy atom. The van der Waals surface area contributed by atoms with Gasteiger partial charge in [-0.3, -0.25) is 28.7 Å². The summed E-state index contributed by atoms with van der Waals surface area (Å²) >= 11 is 5.13. The van der Waals surface area contributed by atoms with Crippen LogP contribution in [0.15, 0.2) is 31.6 Å². The minimum Gasteiger partial charge on any atom is -0.388 e. The fraction of sp³-hybridized carbons (Fsp3) is 0.700. The van der Waals surface area contributed by atoms with Gasteiger partial charge in [0.15, 0.2) is 12.5 Å². The Kier molecular flexibility index (Phi) is 34.0. The predicted octanol–water partition coefficient (Wildman–Crippen LogP) is 7.23. The van der Waals surface area contributed by atoms with Gasteiger partial charge < -0.3 is 42.0 Å². The van der Waals surface area contributed by atoms with Crippen LogP contribution in [0.25, 0.3) is 0 Å². The number of aromatic amines is 2. The van der Waals surface area contributed by atoms with Crippen molar-refractivity contribution in [1.82, 2.24) is 23.8 Å². The molecular formula is C40H68ClN7NiO10P2. The maximum atomic E-state index is 12.5. The molecule has 2 aliphatic heterocycles. The number of aliphatic hydroxyl groups excluding tert-OH is 1. The van der Waals surface area contributed by atoms with E-state index in [1.165, 1.54) is 21.5 Å². The molecule has 0 spiro atoms. The second kappa shape index (κ2) is 34.2. The zero-order chi connectivity index (χ0) is 45.9. The van der Waals surface area contributed by atoms with Crippen molar-refractivity contribution in [2.75, 3.05) is 13.2 Å². The normalized spacial score (nSPS) is 20.8. The zero-order valence-electron chi connectivity index (χ0n) is 37.3. The van der Waals surface area contributed by atoms with Crippen LogP contribution < -0.4 is 22.5 Å². The number of nitrogens with zero attached hydrogens (tertiary/aromatic N) is 5. The molecule has 0 amide bonds. The molecule has 2 saturated heterocycles. The van der Waals surface area contributed by atoms with Gasteiger partial charge in [0.1, 0.15) is 20.4 Å². The van der Waals surface area contributed by atoms with Gasteiger partial charge in [-0.15, -0.1) is 0 Å². The monoisotopic (exact) mass is 961 g/mol. The Hall–Kier alpha value is -2.30. The summed E-state index contributed by atoms with van der Waals surface area (Å²) in [6, 6.07) is 4.35. The molecule has 17 nitrogen and oxygen atoms in total. The van der Waals surface area contributed by atoms with E-state index in [9.17, 15) is 24.3 Å². The quantitative estimate of drug-likeness (QED) is 0.0694. The number of hydrogen-bond acceptors (Lipinski definition) is 13. The van der Waals surface area contributed by atoms with Crippen molar-refractivity contribution in [2.24, 2.45) is 0 Å². The zero-order valence-corrected chi connectivity index (χ0v) is 40.9. The summed E-state index contributed by atoms with van der Waals surface area (Å²) in [5.41, 5.74) is -1.06. The van der Waals surface area contributed by atoms with Crippen molar-refractivity contribution in [3.63, 3.8) is 0 Å². The molecule has 0 aliphatic carbocycles. The van der Waals surface area contributed by atoms with Crippen molar-refractivity contribution in [3.8, 4) is 12.1 Å². The van der Waals surface area contributed by atoms with E-state index in [2.05, 4.69) is 66.8 Å². The van der Waals surface area contributed by atoms with Gasteiger partial charge >= 0.3 is 27.9 Å². The van der Waals surface area contributed by atoms with E-state index in [1.807, 2.05) is 33.8 Å². The summed E-state index contributed by atoms with van der Waals surface area (Å²) < 4.78 is 33.6. The number of nitriles is 2. The van der Waals surface area contributed by atoms with Crippen molar-refractivity contribution >= 4 is 27.9 Å². The molecule has 0 bridgehead atoms. The SMILES string of the molecule is CC[C@@H]1C[C@H](O)[C@H](n2cc(C)c(=O)[nH]c2=O)O1.CC[C@@H]1C[C@H](OP(OCCC#N)N(C(C)C)C(C)C)[C@H](n2cc(C)c(=O)[nH]c2=O)O1.N#CCCOPCl.[CH2-]CC.[CH2-]CC.[Ni+2]. The molecule has 0 saturated carbocycles. The fourth-order valence-electron chi connectivity index (χ4n) is 5.66. The minimum atomic E-state index is -1.48. The van der Waals surface area contributed by atoms with Crippen LogP contribution in [0.3, 0.4) is 0 Å². The number of aryl methyl sites for hydroxylation is 2. The van der Waals surface area contributed by atoms with Crippen LogP contribution >= 0.6 is 27.9 Å². The minimum absolute atomic E-state index is 0. The molecule has 8 atom stereocenters. The van der Waals surface area contributed by atoms with Crippen LogP contribution in [0.1, 0.15) is 130 Å². The van der Waals surface area contributed by atoms with Crippen LogP contribution in [-0.4, -0.2) is 78.6 Å². The van der Waals surface area contributed by atoms with Gasteiger partial charge in [0.05, 0.1) is 50.4 Å². The number of hydrogen-bond donors (Lipinski definition) is 3. The van der Waals surface area contributed by atoms with E-state index in [4.69, 9.17) is 40.3 Å². The van der Waals surface area contributed by atoms with E-state index in [-0.39, 0.29) is 62.0 Å². The molecule has 2 aromatic rings. The van der Waals surface area contributed by atoms with Crippen molar-refractivity contribution in [2.45, 2.75) is 170 Å².